The Morgan fingerprint density at radius 3 is 3.08 bits per heavy atom. The monoisotopic (exact) mass is 177 g/mol. The fraction of sp³-hybridized carbons (Fsp3) is 0.111. The van der Waals surface area contributed by atoms with Gasteiger partial charge in [0.25, 0.3) is 0 Å². The maximum absolute atomic E-state index is 8.72. The van der Waals surface area contributed by atoms with E-state index in [1.54, 1.807) is 12.3 Å². The van der Waals surface area contributed by atoms with E-state index in [0.29, 0.717) is 5.70 Å². The highest BCUT2D eigenvalue weighted by molar-refractivity contribution is 5.60. The summed E-state index contributed by atoms with van der Waals surface area (Å²) in [6.45, 7) is 3.24. The molecule has 1 aromatic heterocycles. The number of hydrogen-bond acceptors (Lipinski definition) is 4. The first kappa shape index (κ1) is 9.41. The standard InChI is InChI=1S/C9H11N3O/c1-10-12-9(5-7-13)8-4-2-3-6-11-8/h2-6,12-13H,1,7H2/b9-5-. The van der Waals surface area contributed by atoms with Gasteiger partial charge in [-0.25, -0.2) is 0 Å². The summed E-state index contributed by atoms with van der Waals surface area (Å²) >= 11 is 0. The number of nitrogens with zero attached hydrogens (tertiary/aromatic N) is 2. The molecule has 0 saturated heterocycles. The van der Waals surface area contributed by atoms with E-state index in [-0.39, 0.29) is 6.61 Å². The maximum Gasteiger partial charge on any atom is 0.0877 e. The number of aliphatic hydroxyl groups is 1. The van der Waals surface area contributed by atoms with Crippen molar-refractivity contribution in [2.45, 2.75) is 0 Å². The molecule has 0 aliphatic heterocycles. The lowest BCUT2D eigenvalue weighted by atomic mass is 10.2. The summed E-state index contributed by atoms with van der Waals surface area (Å²) in [5.41, 5.74) is 4.03. The number of hydrazone groups is 1. The zero-order valence-electron chi connectivity index (χ0n) is 7.14. The minimum absolute atomic E-state index is 0.0611. The molecule has 0 unspecified atom stereocenters. The van der Waals surface area contributed by atoms with Gasteiger partial charge in [-0.2, -0.15) is 5.10 Å². The lowest BCUT2D eigenvalue weighted by Crippen LogP contribution is -2.05. The quantitative estimate of drug-likeness (QED) is 0.523. The van der Waals surface area contributed by atoms with Crippen molar-refractivity contribution in [1.82, 2.24) is 10.4 Å². The first-order chi connectivity index (χ1) is 6.38. The summed E-state index contributed by atoms with van der Waals surface area (Å²) in [6, 6.07) is 5.50. The van der Waals surface area contributed by atoms with Crippen molar-refractivity contribution in [2.75, 3.05) is 6.61 Å². The second-order valence-corrected chi connectivity index (χ2v) is 2.29. The molecule has 1 rings (SSSR count). The van der Waals surface area contributed by atoms with Crippen molar-refractivity contribution in [2.24, 2.45) is 5.10 Å². The predicted molar refractivity (Wildman–Crippen MR) is 52.0 cm³/mol. The van der Waals surface area contributed by atoms with Crippen molar-refractivity contribution in [3.05, 3.63) is 36.2 Å². The van der Waals surface area contributed by atoms with Gasteiger partial charge in [-0.3, -0.25) is 10.4 Å². The first-order valence-corrected chi connectivity index (χ1v) is 3.82. The maximum atomic E-state index is 8.72. The van der Waals surface area contributed by atoms with Gasteiger partial charge in [0.2, 0.25) is 0 Å². The Labute approximate surface area is 76.6 Å². The van der Waals surface area contributed by atoms with E-state index >= 15 is 0 Å². The van der Waals surface area contributed by atoms with Crippen LogP contribution in [0.25, 0.3) is 5.70 Å². The molecular weight excluding hydrogens is 166 g/mol. The molecule has 0 aromatic carbocycles. The topological polar surface area (TPSA) is 57.5 Å². The molecule has 0 bridgehead atoms. The van der Waals surface area contributed by atoms with Crippen molar-refractivity contribution < 1.29 is 5.11 Å². The van der Waals surface area contributed by atoms with Crippen LogP contribution in [0.1, 0.15) is 5.69 Å². The summed E-state index contributed by atoms with van der Waals surface area (Å²) in [5.74, 6) is 0. The normalized spacial score (nSPS) is 11.0. The molecule has 0 fully saturated rings. The van der Waals surface area contributed by atoms with E-state index < -0.39 is 0 Å². The molecule has 68 valence electrons. The van der Waals surface area contributed by atoms with E-state index in [2.05, 4.69) is 22.2 Å². The number of aliphatic hydroxyl groups excluding tert-OH is 1. The Bertz CT molecular complexity index is 295. The minimum Gasteiger partial charge on any atom is -0.392 e. The van der Waals surface area contributed by atoms with Crippen LogP contribution < -0.4 is 5.43 Å². The van der Waals surface area contributed by atoms with Gasteiger partial charge in [0.1, 0.15) is 0 Å². The van der Waals surface area contributed by atoms with Gasteiger partial charge in [0, 0.05) is 12.9 Å². The molecule has 0 saturated carbocycles. The van der Waals surface area contributed by atoms with E-state index in [1.165, 1.54) is 0 Å². The zero-order valence-corrected chi connectivity index (χ0v) is 7.14. The van der Waals surface area contributed by atoms with Gasteiger partial charge in [-0.15, -0.1) is 0 Å². The highest BCUT2D eigenvalue weighted by Gasteiger charge is 1.98. The van der Waals surface area contributed by atoms with Gasteiger partial charge >= 0.3 is 0 Å². The molecule has 2 N–H and O–H groups in total. The van der Waals surface area contributed by atoms with Crippen LogP contribution in [0.5, 0.6) is 0 Å². The molecule has 0 amide bonds. The second kappa shape index (κ2) is 5.05. The van der Waals surface area contributed by atoms with E-state index in [0.717, 1.165) is 5.69 Å². The summed E-state index contributed by atoms with van der Waals surface area (Å²) in [5, 5.41) is 12.2. The Balaban J connectivity index is 2.89. The van der Waals surface area contributed by atoms with Crippen molar-refractivity contribution >= 4 is 12.4 Å². The predicted octanol–water partition coefficient (Wildman–Crippen LogP) is 0.620. The SMILES string of the molecule is C=NN/C(=C\CO)c1ccccn1. The van der Waals surface area contributed by atoms with Crippen LogP contribution in [0.2, 0.25) is 0 Å². The summed E-state index contributed by atoms with van der Waals surface area (Å²) in [7, 11) is 0. The molecule has 4 nitrogen and oxygen atoms in total. The molecule has 4 heteroatoms. The number of pyridine rings is 1. The smallest absolute Gasteiger partial charge is 0.0877 e. The van der Waals surface area contributed by atoms with E-state index in [4.69, 9.17) is 5.11 Å². The van der Waals surface area contributed by atoms with Crippen molar-refractivity contribution in [3.8, 4) is 0 Å². The fourth-order valence-electron chi connectivity index (χ4n) is 0.906. The molecule has 0 aliphatic rings. The molecule has 1 aromatic rings. The van der Waals surface area contributed by atoms with Crippen molar-refractivity contribution in [3.63, 3.8) is 0 Å². The van der Waals surface area contributed by atoms with Crippen LogP contribution in [-0.2, 0) is 0 Å². The third-order valence-electron chi connectivity index (χ3n) is 1.44. The fourth-order valence-corrected chi connectivity index (χ4v) is 0.906. The molecule has 1 heterocycles. The van der Waals surface area contributed by atoms with Crippen LogP contribution in [0, 0.1) is 0 Å². The third-order valence-corrected chi connectivity index (χ3v) is 1.44. The van der Waals surface area contributed by atoms with Crippen LogP contribution in [0.15, 0.2) is 35.6 Å². The summed E-state index contributed by atoms with van der Waals surface area (Å²) in [6.07, 6.45) is 3.25. The van der Waals surface area contributed by atoms with Gasteiger partial charge in [0.05, 0.1) is 18.0 Å². The highest BCUT2D eigenvalue weighted by Crippen LogP contribution is 2.06. The summed E-state index contributed by atoms with van der Waals surface area (Å²) < 4.78 is 0. The number of nitrogens with one attached hydrogen (secondary N) is 1. The third kappa shape index (κ3) is 2.68. The zero-order chi connectivity index (χ0) is 9.52. The van der Waals surface area contributed by atoms with E-state index in [9.17, 15) is 0 Å². The van der Waals surface area contributed by atoms with Crippen molar-refractivity contribution in [1.29, 1.82) is 0 Å². The van der Waals surface area contributed by atoms with Crippen LogP contribution in [0.3, 0.4) is 0 Å². The lowest BCUT2D eigenvalue weighted by molar-refractivity contribution is 0.342. The lowest BCUT2D eigenvalue weighted by Gasteiger charge is -2.03. The largest absolute Gasteiger partial charge is 0.392 e. The van der Waals surface area contributed by atoms with Gasteiger partial charge in [-0.05, 0) is 18.2 Å². The minimum atomic E-state index is -0.0611. The van der Waals surface area contributed by atoms with E-state index in [1.807, 2.05) is 18.2 Å². The Hall–Kier alpha value is -1.68. The number of hydrogen-bond donors (Lipinski definition) is 2. The van der Waals surface area contributed by atoms with Gasteiger partial charge in [-0.1, -0.05) is 6.07 Å². The Morgan fingerprint density at radius 2 is 2.54 bits per heavy atom. The number of aromatic nitrogens is 1. The first-order valence-electron chi connectivity index (χ1n) is 3.82. The summed E-state index contributed by atoms with van der Waals surface area (Å²) in [4.78, 5) is 4.09. The molecule has 0 atom stereocenters. The van der Waals surface area contributed by atoms with Gasteiger partial charge in [0.15, 0.2) is 0 Å². The average Bonchev–Trinajstić information content (AvgIpc) is 2.19. The van der Waals surface area contributed by atoms with Crippen LogP contribution >= 0.6 is 0 Å². The second-order valence-electron chi connectivity index (χ2n) is 2.29. The molecule has 0 aliphatic carbocycles. The average molecular weight is 177 g/mol. The highest BCUT2D eigenvalue weighted by atomic mass is 16.2. The molecule has 0 spiro atoms. The van der Waals surface area contributed by atoms with Crippen LogP contribution in [-0.4, -0.2) is 23.4 Å². The number of rotatable bonds is 4. The molecular formula is C9H11N3O. The molecule has 13 heavy (non-hydrogen) atoms. The Morgan fingerprint density at radius 1 is 1.69 bits per heavy atom. The molecule has 0 radical (unpaired) electrons. The van der Waals surface area contributed by atoms with Crippen LogP contribution in [0.4, 0.5) is 0 Å². The van der Waals surface area contributed by atoms with Gasteiger partial charge < -0.3 is 5.11 Å². The Kier molecular flexibility index (Phi) is 3.66.